The number of carbonyl (C=O) groups excluding carboxylic acids is 1. The Labute approximate surface area is 170 Å². The van der Waals surface area contributed by atoms with Gasteiger partial charge in [0.1, 0.15) is 11.8 Å². The Balaban J connectivity index is 1.71. The van der Waals surface area contributed by atoms with E-state index in [-0.39, 0.29) is 5.91 Å². The molecular formula is C25H22N2O2. The van der Waals surface area contributed by atoms with Crippen LogP contribution in [0.3, 0.4) is 0 Å². The molecule has 0 atom stereocenters. The number of aryl methyl sites for hydroxylation is 2. The first-order valence-corrected chi connectivity index (χ1v) is 9.56. The maximum absolute atomic E-state index is 13.3. The van der Waals surface area contributed by atoms with Crippen molar-refractivity contribution in [1.82, 2.24) is 5.16 Å². The number of hydrogen-bond acceptors (Lipinski definition) is 3. The first kappa shape index (κ1) is 18.7. The third kappa shape index (κ3) is 3.97. The van der Waals surface area contributed by atoms with E-state index in [2.05, 4.69) is 36.3 Å². The van der Waals surface area contributed by atoms with Crippen LogP contribution in [-0.2, 0) is 6.54 Å². The molecule has 0 bridgehead atoms. The second-order valence-electron chi connectivity index (χ2n) is 7.04. The Kier molecular flexibility index (Phi) is 5.25. The maximum Gasteiger partial charge on any atom is 0.263 e. The Morgan fingerprint density at radius 3 is 2.17 bits per heavy atom. The predicted molar refractivity (Wildman–Crippen MR) is 115 cm³/mol. The van der Waals surface area contributed by atoms with Gasteiger partial charge in [0, 0.05) is 5.69 Å². The SMILES string of the molecule is Cc1ccccc1CN(C(=O)c1conc1C)c1ccc(-c2ccccc2)cc1. The zero-order valence-corrected chi connectivity index (χ0v) is 16.5. The van der Waals surface area contributed by atoms with Crippen LogP contribution in [0.2, 0.25) is 0 Å². The van der Waals surface area contributed by atoms with Crippen molar-refractivity contribution in [2.45, 2.75) is 20.4 Å². The summed E-state index contributed by atoms with van der Waals surface area (Å²) in [5.41, 5.74) is 6.40. The van der Waals surface area contributed by atoms with Gasteiger partial charge in [-0.05, 0) is 48.2 Å². The first-order valence-electron chi connectivity index (χ1n) is 9.56. The van der Waals surface area contributed by atoms with Gasteiger partial charge in [0.05, 0.1) is 12.2 Å². The lowest BCUT2D eigenvalue weighted by Gasteiger charge is -2.24. The number of nitrogens with zero attached hydrogens (tertiary/aromatic N) is 2. The molecule has 0 aliphatic heterocycles. The lowest BCUT2D eigenvalue weighted by molar-refractivity contribution is 0.0984. The highest BCUT2D eigenvalue weighted by atomic mass is 16.5. The van der Waals surface area contributed by atoms with Gasteiger partial charge in [-0.15, -0.1) is 0 Å². The third-order valence-corrected chi connectivity index (χ3v) is 5.10. The Bertz CT molecular complexity index is 1120. The number of aromatic nitrogens is 1. The van der Waals surface area contributed by atoms with Crippen molar-refractivity contribution in [2.24, 2.45) is 0 Å². The molecule has 4 aromatic rings. The molecule has 0 saturated heterocycles. The molecule has 0 aliphatic rings. The summed E-state index contributed by atoms with van der Waals surface area (Å²) in [4.78, 5) is 15.1. The normalized spacial score (nSPS) is 10.7. The van der Waals surface area contributed by atoms with Crippen LogP contribution in [0.4, 0.5) is 5.69 Å². The van der Waals surface area contributed by atoms with Crippen molar-refractivity contribution in [3.8, 4) is 11.1 Å². The minimum atomic E-state index is -0.125. The number of amides is 1. The summed E-state index contributed by atoms with van der Waals surface area (Å²) in [6.45, 7) is 4.31. The highest BCUT2D eigenvalue weighted by Crippen LogP contribution is 2.26. The predicted octanol–water partition coefficient (Wildman–Crippen LogP) is 5.81. The number of hydrogen-bond donors (Lipinski definition) is 0. The van der Waals surface area contributed by atoms with Crippen molar-refractivity contribution in [3.05, 3.63) is 108 Å². The molecule has 1 heterocycles. The monoisotopic (exact) mass is 382 g/mol. The largest absolute Gasteiger partial charge is 0.364 e. The van der Waals surface area contributed by atoms with Crippen molar-refractivity contribution in [2.75, 3.05) is 4.90 Å². The fourth-order valence-corrected chi connectivity index (χ4v) is 3.35. The zero-order chi connectivity index (χ0) is 20.2. The molecule has 0 radical (unpaired) electrons. The molecule has 4 heteroatoms. The number of rotatable bonds is 5. The molecule has 1 amide bonds. The minimum absolute atomic E-state index is 0.125. The van der Waals surface area contributed by atoms with E-state index in [1.165, 1.54) is 6.26 Å². The maximum atomic E-state index is 13.3. The van der Waals surface area contributed by atoms with Gasteiger partial charge < -0.3 is 9.42 Å². The van der Waals surface area contributed by atoms with Gasteiger partial charge in [-0.1, -0.05) is 71.9 Å². The summed E-state index contributed by atoms with van der Waals surface area (Å²) in [6.07, 6.45) is 1.42. The van der Waals surface area contributed by atoms with E-state index in [4.69, 9.17) is 4.52 Å². The van der Waals surface area contributed by atoms with Crippen LogP contribution >= 0.6 is 0 Å². The van der Waals surface area contributed by atoms with E-state index in [9.17, 15) is 4.79 Å². The first-order chi connectivity index (χ1) is 14.1. The van der Waals surface area contributed by atoms with Gasteiger partial charge in [-0.2, -0.15) is 0 Å². The molecule has 4 rings (SSSR count). The molecule has 0 fully saturated rings. The van der Waals surface area contributed by atoms with Crippen molar-refractivity contribution in [3.63, 3.8) is 0 Å². The van der Waals surface area contributed by atoms with Gasteiger partial charge in [0.25, 0.3) is 5.91 Å². The molecule has 0 aliphatic carbocycles. The third-order valence-electron chi connectivity index (χ3n) is 5.10. The Morgan fingerprint density at radius 2 is 1.52 bits per heavy atom. The van der Waals surface area contributed by atoms with Gasteiger partial charge in [0.15, 0.2) is 0 Å². The lowest BCUT2D eigenvalue weighted by Crippen LogP contribution is -2.31. The van der Waals surface area contributed by atoms with E-state index < -0.39 is 0 Å². The van der Waals surface area contributed by atoms with Crippen LogP contribution in [0.5, 0.6) is 0 Å². The second-order valence-corrected chi connectivity index (χ2v) is 7.04. The average Bonchev–Trinajstić information content (AvgIpc) is 3.19. The van der Waals surface area contributed by atoms with Gasteiger partial charge in [-0.25, -0.2) is 0 Å². The smallest absolute Gasteiger partial charge is 0.263 e. The van der Waals surface area contributed by atoms with Crippen LogP contribution in [0, 0.1) is 13.8 Å². The molecule has 0 N–H and O–H groups in total. The number of carbonyl (C=O) groups is 1. The molecule has 144 valence electrons. The molecular weight excluding hydrogens is 360 g/mol. The van der Waals surface area contributed by atoms with Crippen LogP contribution in [0.15, 0.2) is 89.6 Å². The molecule has 29 heavy (non-hydrogen) atoms. The van der Waals surface area contributed by atoms with Crippen LogP contribution in [0.25, 0.3) is 11.1 Å². The number of benzene rings is 3. The molecule has 4 nitrogen and oxygen atoms in total. The van der Waals surface area contributed by atoms with Gasteiger partial charge in [-0.3, -0.25) is 4.79 Å². The average molecular weight is 382 g/mol. The molecule has 0 saturated carbocycles. The summed E-state index contributed by atoms with van der Waals surface area (Å²) in [7, 11) is 0. The van der Waals surface area contributed by atoms with Crippen molar-refractivity contribution >= 4 is 11.6 Å². The fourth-order valence-electron chi connectivity index (χ4n) is 3.35. The van der Waals surface area contributed by atoms with Crippen LogP contribution in [-0.4, -0.2) is 11.1 Å². The highest BCUT2D eigenvalue weighted by molar-refractivity contribution is 6.06. The summed E-state index contributed by atoms with van der Waals surface area (Å²) < 4.78 is 5.01. The van der Waals surface area contributed by atoms with E-state index in [1.54, 1.807) is 11.8 Å². The molecule has 3 aromatic carbocycles. The summed E-state index contributed by atoms with van der Waals surface area (Å²) >= 11 is 0. The van der Waals surface area contributed by atoms with Crippen LogP contribution in [0.1, 0.15) is 27.2 Å². The fraction of sp³-hybridized carbons (Fsp3) is 0.120. The summed E-state index contributed by atoms with van der Waals surface area (Å²) in [5, 5.41) is 3.87. The Hall–Kier alpha value is -3.66. The zero-order valence-electron chi connectivity index (χ0n) is 16.5. The molecule has 0 unspecified atom stereocenters. The second kappa shape index (κ2) is 8.15. The van der Waals surface area contributed by atoms with Crippen molar-refractivity contribution < 1.29 is 9.32 Å². The molecule has 0 spiro atoms. The van der Waals surface area contributed by atoms with E-state index >= 15 is 0 Å². The summed E-state index contributed by atoms with van der Waals surface area (Å²) in [5.74, 6) is -0.125. The Morgan fingerprint density at radius 1 is 0.862 bits per heavy atom. The van der Waals surface area contributed by atoms with E-state index in [0.717, 1.165) is 27.9 Å². The highest BCUT2D eigenvalue weighted by Gasteiger charge is 2.22. The van der Waals surface area contributed by atoms with Crippen molar-refractivity contribution in [1.29, 1.82) is 0 Å². The minimum Gasteiger partial charge on any atom is -0.364 e. The molecule has 1 aromatic heterocycles. The van der Waals surface area contributed by atoms with Gasteiger partial charge >= 0.3 is 0 Å². The number of anilines is 1. The lowest BCUT2D eigenvalue weighted by atomic mass is 10.0. The standard InChI is InChI=1S/C25H22N2O2/c1-18-8-6-7-11-22(18)16-27(25(28)24-17-29-26-19(24)2)23-14-12-21(13-15-23)20-9-4-3-5-10-20/h3-15,17H,16H2,1-2H3. The van der Waals surface area contributed by atoms with E-state index in [1.807, 2.05) is 54.6 Å². The summed E-state index contributed by atoms with van der Waals surface area (Å²) in [6, 6.07) is 26.4. The quantitative estimate of drug-likeness (QED) is 0.438. The topological polar surface area (TPSA) is 46.3 Å². The van der Waals surface area contributed by atoms with E-state index in [0.29, 0.717) is 17.8 Å². The van der Waals surface area contributed by atoms with Gasteiger partial charge in [0.2, 0.25) is 0 Å². The van der Waals surface area contributed by atoms with Crippen LogP contribution < -0.4 is 4.90 Å².